The lowest BCUT2D eigenvalue weighted by atomic mass is 9.62. The van der Waals surface area contributed by atoms with Gasteiger partial charge in [-0.15, -0.1) is 0 Å². The van der Waals surface area contributed by atoms with Crippen molar-refractivity contribution in [1.82, 2.24) is 9.55 Å². The monoisotopic (exact) mass is 589 g/mol. The number of anilines is 1. The zero-order valence-electron chi connectivity index (χ0n) is 20.9. The molecule has 1 N–H and O–H groups in total. The van der Waals surface area contributed by atoms with Gasteiger partial charge in [0.2, 0.25) is 5.91 Å². The van der Waals surface area contributed by atoms with Crippen LogP contribution in [-0.2, 0) is 23.2 Å². The molecule has 0 radical (unpaired) electrons. The second kappa shape index (κ2) is 10.6. The maximum atomic E-state index is 14.4. The van der Waals surface area contributed by atoms with E-state index in [4.69, 9.17) is 9.40 Å². The Labute approximate surface area is 234 Å². The van der Waals surface area contributed by atoms with Crippen LogP contribution in [0, 0.1) is 0 Å². The highest BCUT2D eigenvalue weighted by molar-refractivity contribution is 9.10. The lowest BCUT2D eigenvalue weighted by molar-refractivity contribution is -0.113. The predicted octanol–water partition coefficient (Wildman–Crippen LogP) is 6.80. The number of hydrogen-bond donors (Lipinski definition) is 1. The molecule has 0 saturated heterocycles. The Morgan fingerprint density at radius 3 is 2.61 bits per heavy atom. The van der Waals surface area contributed by atoms with Gasteiger partial charge < -0.3 is 9.73 Å². The standard InChI is InChI=1S/C30H28BrN3O3S/c31-21-10-12-22(13-11-21)32-25(35)19-38-29-33-27-24-9-3-2-7-20(24)17-30(14-4-1-5-15-30)26(27)28(36)34(29)18-23-8-6-16-37-23/h2-3,6-13,16H,1,4-5,14-15,17-19H2,(H,32,35). The van der Waals surface area contributed by atoms with Crippen LogP contribution in [0.1, 0.15) is 49.0 Å². The first-order valence-corrected chi connectivity index (χ1v) is 14.7. The van der Waals surface area contributed by atoms with Crippen molar-refractivity contribution >= 4 is 39.3 Å². The summed E-state index contributed by atoms with van der Waals surface area (Å²) in [6.07, 6.45) is 7.91. The molecular weight excluding hydrogens is 562 g/mol. The average molecular weight is 591 g/mol. The number of amides is 1. The second-order valence-electron chi connectivity index (χ2n) is 10.1. The maximum absolute atomic E-state index is 14.4. The third-order valence-electron chi connectivity index (χ3n) is 7.63. The smallest absolute Gasteiger partial charge is 0.258 e. The molecule has 1 saturated carbocycles. The van der Waals surface area contributed by atoms with E-state index in [0.717, 1.165) is 59.1 Å². The molecule has 2 aliphatic carbocycles. The number of benzene rings is 2. The highest BCUT2D eigenvalue weighted by atomic mass is 79.9. The van der Waals surface area contributed by atoms with Gasteiger partial charge in [-0.3, -0.25) is 14.2 Å². The molecule has 0 unspecified atom stereocenters. The molecule has 0 bridgehead atoms. The Balaban J connectivity index is 1.41. The van der Waals surface area contributed by atoms with Gasteiger partial charge >= 0.3 is 0 Å². The molecule has 0 aliphatic heterocycles. The van der Waals surface area contributed by atoms with Crippen molar-refractivity contribution in [2.24, 2.45) is 0 Å². The lowest BCUT2D eigenvalue weighted by Gasteiger charge is -2.42. The first-order chi connectivity index (χ1) is 18.5. The summed E-state index contributed by atoms with van der Waals surface area (Å²) in [7, 11) is 0. The molecule has 0 atom stereocenters. The van der Waals surface area contributed by atoms with Crippen molar-refractivity contribution in [3.8, 4) is 11.3 Å². The number of carbonyl (C=O) groups is 1. The number of halogens is 1. The summed E-state index contributed by atoms with van der Waals surface area (Å²) < 4.78 is 8.27. The molecule has 1 fully saturated rings. The molecule has 2 aromatic carbocycles. The number of rotatable bonds is 6. The van der Waals surface area contributed by atoms with Crippen molar-refractivity contribution in [2.75, 3.05) is 11.1 Å². The largest absolute Gasteiger partial charge is 0.467 e. The molecule has 2 aliphatic rings. The second-order valence-corrected chi connectivity index (χ2v) is 12.0. The number of furan rings is 1. The predicted molar refractivity (Wildman–Crippen MR) is 154 cm³/mol. The van der Waals surface area contributed by atoms with Crippen LogP contribution in [0.15, 0.2) is 85.8 Å². The van der Waals surface area contributed by atoms with Crippen LogP contribution in [0.25, 0.3) is 11.3 Å². The average Bonchev–Trinajstić information content (AvgIpc) is 3.44. The lowest BCUT2D eigenvalue weighted by Crippen LogP contribution is -2.43. The molecule has 6 rings (SSSR count). The van der Waals surface area contributed by atoms with Gasteiger partial charge in [-0.05, 0) is 61.2 Å². The molecule has 2 aromatic heterocycles. The van der Waals surface area contributed by atoms with E-state index < -0.39 is 0 Å². The topological polar surface area (TPSA) is 77.1 Å². The minimum Gasteiger partial charge on any atom is -0.467 e. The molecule has 4 aromatic rings. The molecule has 1 amide bonds. The normalized spacial score (nSPS) is 15.6. The van der Waals surface area contributed by atoms with Crippen molar-refractivity contribution < 1.29 is 9.21 Å². The third-order valence-corrected chi connectivity index (χ3v) is 9.14. The highest BCUT2D eigenvalue weighted by Crippen LogP contribution is 2.48. The van der Waals surface area contributed by atoms with E-state index in [1.807, 2.05) is 42.5 Å². The number of nitrogens with one attached hydrogen (secondary N) is 1. The van der Waals surface area contributed by atoms with Gasteiger partial charge in [0.15, 0.2) is 5.16 Å². The van der Waals surface area contributed by atoms with Gasteiger partial charge in [-0.25, -0.2) is 4.98 Å². The molecule has 38 heavy (non-hydrogen) atoms. The van der Waals surface area contributed by atoms with Crippen LogP contribution in [-0.4, -0.2) is 21.2 Å². The van der Waals surface area contributed by atoms with Crippen LogP contribution in [0.3, 0.4) is 0 Å². The molecule has 194 valence electrons. The zero-order chi connectivity index (χ0) is 26.1. The van der Waals surface area contributed by atoms with Crippen LogP contribution in [0.2, 0.25) is 0 Å². The van der Waals surface area contributed by atoms with E-state index in [2.05, 4.69) is 39.4 Å². The summed E-state index contributed by atoms with van der Waals surface area (Å²) in [6.45, 7) is 0.278. The summed E-state index contributed by atoms with van der Waals surface area (Å²) in [6, 6.07) is 19.5. The van der Waals surface area contributed by atoms with Crippen molar-refractivity contribution in [3.63, 3.8) is 0 Å². The molecule has 8 heteroatoms. The van der Waals surface area contributed by atoms with Gasteiger partial charge in [0, 0.05) is 21.1 Å². The Morgan fingerprint density at radius 1 is 1.05 bits per heavy atom. The zero-order valence-corrected chi connectivity index (χ0v) is 23.3. The van der Waals surface area contributed by atoms with Gasteiger partial charge in [-0.1, -0.05) is 71.2 Å². The van der Waals surface area contributed by atoms with Crippen molar-refractivity contribution in [3.05, 3.63) is 98.6 Å². The molecule has 1 spiro atoms. The third kappa shape index (κ3) is 4.87. The number of thioether (sulfide) groups is 1. The fraction of sp³-hybridized carbons (Fsp3) is 0.300. The maximum Gasteiger partial charge on any atom is 0.258 e. The van der Waals surface area contributed by atoms with E-state index in [0.29, 0.717) is 10.9 Å². The van der Waals surface area contributed by atoms with E-state index in [-0.39, 0.29) is 29.2 Å². The van der Waals surface area contributed by atoms with Crippen LogP contribution < -0.4 is 10.9 Å². The number of hydrogen-bond acceptors (Lipinski definition) is 5. The summed E-state index contributed by atoms with van der Waals surface area (Å²) >= 11 is 4.70. The van der Waals surface area contributed by atoms with Gasteiger partial charge in [0.25, 0.3) is 5.56 Å². The van der Waals surface area contributed by atoms with Crippen molar-refractivity contribution in [1.29, 1.82) is 0 Å². The highest BCUT2D eigenvalue weighted by Gasteiger charge is 2.43. The minimum atomic E-state index is -0.195. The number of aromatic nitrogens is 2. The van der Waals surface area contributed by atoms with Crippen LogP contribution in [0.4, 0.5) is 5.69 Å². The van der Waals surface area contributed by atoms with E-state index >= 15 is 0 Å². The summed E-state index contributed by atoms with van der Waals surface area (Å²) in [5.74, 6) is 0.661. The fourth-order valence-corrected chi connectivity index (χ4v) is 6.95. The minimum absolute atomic E-state index is 0.0152. The Hall–Kier alpha value is -3.10. The summed E-state index contributed by atoms with van der Waals surface area (Å²) in [5.41, 5.74) is 4.41. The van der Waals surface area contributed by atoms with Gasteiger partial charge in [-0.2, -0.15) is 0 Å². The summed E-state index contributed by atoms with van der Waals surface area (Å²) in [4.78, 5) is 32.3. The summed E-state index contributed by atoms with van der Waals surface area (Å²) in [5, 5.41) is 3.46. The Kier molecular flexibility index (Phi) is 7.01. The Morgan fingerprint density at radius 2 is 1.84 bits per heavy atom. The number of fused-ring (bicyclic) bond motifs is 4. The first kappa shape index (κ1) is 25.2. The molecule has 6 nitrogen and oxygen atoms in total. The molecular formula is C30H28BrN3O3S. The van der Waals surface area contributed by atoms with Crippen LogP contribution >= 0.6 is 27.7 Å². The van der Waals surface area contributed by atoms with Crippen LogP contribution in [0.5, 0.6) is 0 Å². The first-order valence-electron chi connectivity index (χ1n) is 13.0. The van der Waals surface area contributed by atoms with Gasteiger partial charge in [0.1, 0.15) is 5.76 Å². The fourth-order valence-electron chi connectivity index (χ4n) is 5.89. The Bertz CT molecular complexity index is 1520. The van der Waals surface area contributed by atoms with Crippen molar-refractivity contribution in [2.45, 2.75) is 55.6 Å². The van der Waals surface area contributed by atoms with E-state index in [9.17, 15) is 9.59 Å². The van der Waals surface area contributed by atoms with E-state index in [1.54, 1.807) is 10.8 Å². The van der Waals surface area contributed by atoms with E-state index in [1.165, 1.54) is 23.7 Å². The number of carbonyl (C=O) groups excluding carboxylic acids is 1. The quantitative estimate of drug-likeness (QED) is 0.197. The van der Waals surface area contributed by atoms with Gasteiger partial charge in [0.05, 0.1) is 29.8 Å². The number of nitrogens with zero attached hydrogens (tertiary/aromatic N) is 2. The molecule has 2 heterocycles. The SMILES string of the molecule is O=C(CSc1nc2c(c(=O)n1Cc1ccco1)C1(CCCCC1)Cc1ccccc1-2)Nc1ccc(Br)cc1.